The van der Waals surface area contributed by atoms with Crippen LogP contribution in [0.1, 0.15) is 37.8 Å². The minimum absolute atomic E-state index is 0.0109. The van der Waals surface area contributed by atoms with E-state index in [0.717, 1.165) is 11.1 Å². The lowest BCUT2D eigenvalue weighted by atomic mass is 9.92. The molecule has 0 aromatic heterocycles. The molecule has 2 rings (SSSR count). The van der Waals surface area contributed by atoms with E-state index in [2.05, 4.69) is 5.32 Å². The van der Waals surface area contributed by atoms with Crippen LogP contribution < -0.4 is 10.6 Å². The number of carbonyl (C=O) groups excluding carboxylic acids is 3. The molecule has 0 saturated carbocycles. The van der Waals surface area contributed by atoms with Gasteiger partial charge >= 0.3 is 18.1 Å². The molecule has 0 bridgehead atoms. The average molecular weight is 509 g/mol. The summed E-state index contributed by atoms with van der Waals surface area (Å²) in [6.45, 7) is 3.23. The minimum Gasteiger partial charge on any atom is -0.459 e. The third-order valence-corrected chi connectivity index (χ3v) is 5.75. The quantitative estimate of drug-likeness (QED) is 0.382. The number of rotatable bonds is 12. The molecule has 0 saturated heterocycles. The summed E-state index contributed by atoms with van der Waals surface area (Å²) in [7, 11) is 0. The Morgan fingerprint density at radius 3 is 2.03 bits per heavy atom. The van der Waals surface area contributed by atoms with Gasteiger partial charge in [-0.15, -0.1) is 0 Å². The number of amides is 2. The van der Waals surface area contributed by atoms with Crippen molar-refractivity contribution in [3.05, 3.63) is 71.8 Å². The van der Waals surface area contributed by atoms with Crippen molar-refractivity contribution in [1.82, 2.24) is 10.6 Å². The molecule has 0 aliphatic carbocycles. The first-order valence-corrected chi connectivity index (χ1v) is 11.6. The summed E-state index contributed by atoms with van der Waals surface area (Å²) in [5, 5.41) is 14.8. The Morgan fingerprint density at radius 1 is 0.944 bits per heavy atom. The number of nitrogens with one attached hydrogen (secondary N) is 2. The molecule has 196 valence electrons. The van der Waals surface area contributed by atoms with Gasteiger partial charge in [0.1, 0.15) is 12.6 Å². The molecule has 36 heavy (non-hydrogen) atoms. The Bertz CT molecular complexity index is 986. The van der Waals surface area contributed by atoms with E-state index in [9.17, 15) is 32.7 Å². The number of hydrogen-bond acceptors (Lipinski definition) is 5. The van der Waals surface area contributed by atoms with Gasteiger partial charge in [0.05, 0.1) is 18.6 Å². The van der Waals surface area contributed by atoms with E-state index in [1.807, 2.05) is 6.07 Å². The molecule has 10 heteroatoms. The Kier molecular flexibility index (Phi) is 10.9. The number of halogens is 3. The highest BCUT2D eigenvalue weighted by Crippen LogP contribution is 2.19. The molecule has 0 spiro atoms. The van der Waals surface area contributed by atoms with E-state index in [1.54, 1.807) is 73.8 Å². The van der Waals surface area contributed by atoms with Crippen LogP contribution in [-0.4, -0.2) is 47.3 Å². The molecule has 0 aliphatic heterocycles. The molecular formula is C26H31F3N2O5. The molecule has 0 aliphatic rings. The van der Waals surface area contributed by atoms with E-state index in [0.29, 0.717) is 6.42 Å². The number of alkyl halides is 3. The fraction of sp³-hybridized carbons (Fsp3) is 0.423. The van der Waals surface area contributed by atoms with Crippen LogP contribution in [0, 0.1) is 5.92 Å². The fourth-order valence-corrected chi connectivity index (χ4v) is 3.55. The molecular weight excluding hydrogens is 477 g/mol. The lowest BCUT2D eigenvalue weighted by molar-refractivity contribution is -0.175. The summed E-state index contributed by atoms with van der Waals surface area (Å²) >= 11 is 0. The number of aliphatic hydroxyl groups excluding tert-OH is 1. The van der Waals surface area contributed by atoms with Gasteiger partial charge in [-0.2, -0.15) is 13.2 Å². The highest BCUT2D eigenvalue weighted by atomic mass is 19.4. The van der Waals surface area contributed by atoms with Gasteiger partial charge in [0.2, 0.25) is 5.91 Å². The average Bonchev–Trinajstić information content (AvgIpc) is 2.85. The van der Waals surface area contributed by atoms with Crippen molar-refractivity contribution in [1.29, 1.82) is 0 Å². The summed E-state index contributed by atoms with van der Waals surface area (Å²) in [5.41, 5.74) is 1.50. The monoisotopic (exact) mass is 508 g/mol. The maximum atomic E-state index is 12.8. The number of esters is 1. The van der Waals surface area contributed by atoms with E-state index in [-0.39, 0.29) is 13.0 Å². The number of benzene rings is 2. The zero-order valence-corrected chi connectivity index (χ0v) is 20.1. The van der Waals surface area contributed by atoms with Crippen molar-refractivity contribution in [2.45, 2.75) is 64.1 Å². The van der Waals surface area contributed by atoms with E-state index in [1.165, 1.54) is 0 Å². The van der Waals surface area contributed by atoms with Crippen molar-refractivity contribution in [2.75, 3.05) is 0 Å². The zero-order valence-electron chi connectivity index (χ0n) is 20.1. The smallest absolute Gasteiger partial charge is 0.459 e. The van der Waals surface area contributed by atoms with Crippen LogP contribution in [0.2, 0.25) is 0 Å². The van der Waals surface area contributed by atoms with Crippen molar-refractivity contribution in [3.63, 3.8) is 0 Å². The van der Waals surface area contributed by atoms with Crippen molar-refractivity contribution >= 4 is 17.8 Å². The summed E-state index contributed by atoms with van der Waals surface area (Å²) in [6.07, 6.45) is -6.90. The van der Waals surface area contributed by atoms with Gasteiger partial charge in [-0.1, -0.05) is 80.9 Å². The van der Waals surface area contributed by atoms with Gasteiger partial charge < -0.3 is 20.5 Å². The molecule has 7 nitrogen and oxygen atoms in total. The van der Waals surface area contributed by atoms with Crippen molar-refractivity contribution < 1.29 is 37.4 Å². The second kappa shape index (κ2) is 13.6. The van der Waals surface area contributed by atoms with Gasteiger partial charge in [0.15, 0.2) is 0 Å². The fourth-order valence-electron chi connectivity index (χ4n) is 3.55. The second-order valence-corrected chi connectivity index (χ2v) is 8.56. The predicted molar refractivity (Wildman–Crippen MR) is 126 cm³/mol. The minimum atomic E-state index is -5.13. The highest BCUT2D eigenvalue weighted by Gasteiger charge is 2.42. The standard InChI is InChI=1S/C26H31F3N2O5/c1-3-17(2)23(31-25(35)26(27,28)29)21(32)15-22(33)30-20(14-18-10-6-4-7-11-18)24(34)36-16-19-12-8-5-9-13-19/h4-13,17,20-21,23,32H,3,14-16H2,1-2H3,(H,30,33)(H,31,35)/t17-,20-,21-,23+/m0/s1. The van der Waals surface area contributed by atoms with E-state index < -0.39 is 54.5 Å². The first-order chi connectivity index (χ1) is 17.0. The zero-order chi connectivity index (χ0) is 26.7. The number of aliphatic hydroxyl groups is 1. The molecule has 2 aromatic rings. The van der Waals surface area contributed by atoms with Gasteiger partial charge in [0.25, 0.3) is 0 Å². The summed E-state index contributed by atoms with van der Waals surface area (Å²) in [4.78, 5) is 37.0. The summed E-state index contributed by atoms with van der Waals surface area (Å²) in [5.74, 6) is -4.21. The Balaban J connectivity index is 2.09. The molecule has 0 radical (unpaired) electrons. The third kappa shape index (κ3) is 9.33. The van der Waals surface area contributed by atoms with Crippen molar-refractivity contribution in [2.24, 2.45) is 5.92 Å². The number of carbonyl (C=O) groups is 3. The molecule has 0 heterocycles. The summed E-state index contributed by atoms with van der Waals surface area (Å²) in [6, 6.07) is 15.4. The van der Waals surface area contributed by atoms with Gasteiger partial charge in [0, 0.05) is 6.42 Å². The number of hydrogen-bond donors (Lipinski definition) is 3. The van der Waals surface area contributed by atoms with E-state index in [4.69, 9.17) is 4.74 Å². The topological polar surface area (TPSA) is 105 Å². The Labute approximate surface area is 208 Å². The predicted octanol–water partition coefficient (Wildman–Crippen LogP) is 3.30. The van der Waals surface area contributed by atoms with Crippen molar-refractivity contribution in [3.8, 4) is 0 Å². The maximum absolute atomic E-state index is 12.8. The van der Waals surface area contributed by atoms with Gasteiger partial charge in [-0.3, -0.25) is 9.59 Å². The number of ether oxygens (including phenoxy) is 1. The highest BCUT2D eigenvalue weighted by molar-refractivity contribution is 5.85. The van der Waals surface area contributed by atoms with Crippen LogP contribution >= 0.6 is 0 Å². The molecule has 0 unspecified atom stereocenters. The Hall–Kier alpha value is -3.40. The van der Waals surface area contributed by atoms with Crippen LogP contribution in [0.15, 0.2) is 60.7 Å². The van der Waals surface area contributed by atoms with Crippen LogP contribution in [0.4, 0.5) is 13.2 Å². The summed E-state index contributed by atoms with van der Waals surface area (Å²) < 4.78 is 43.6. The SMILES string of the molecule is CC[C@H](C)[C@@H](NC(=O)C(F)(F)F)[C@@H](O)CC(=O)N[C@@H](Cc1ccccc1)C(=O)OCc1ccccc1. The third-order valence-electron chi connectivity index (χ3n) is 5.75. The van der Waals surface area contributed by atoms with Crippen LogP contribution in [0.25, 0.3) is 0 Å². The maximum Gasteiger partial charge on any atom is 0.471 e. The van der Waals surface area contributed by atoms with E-state index >= 15 is 0 Å². The first kappa shape index (κ1) is 28.8. The normalized spacial score (nSPS) is 14.7. The lowest BCUT2D eigenvalue weighted by Gasteiger charge is -2.29. The molecule has 2 amide bonds. The lowest BCUT2D eigenvalue weighted by Crippen LogP contribution is -2.53. The van der Waals surface area contributed by atoms with Gasteiger partial charge in [-0.05, 0) is 17.0 Å². The largest absolute Gasteiger partial charge is 0.471 e. The molecule has 2 aromatic carbocycles. The van der Waals surface area contributed by atoms with Crippen LogP contribution in [-0.2, 0) is 32.1 Å². The second-order valence-electron chi connectivity index (χ2n) is 8.56. The first-order valence-electron chi connectivity index (χ1n) is 11.6. The molecule has 3 N–H and O–H groups in total. The van der Waals surface area contributed by atoms with Crippen LogP contribution in [0.3, 0.4) is 0 Å². The Morgan fingerprint density at radius 2 is 1.50 bits per heavy atom. The van der Waals surface area contributed by atoms with Gasteiger partial charge in [-0.25, -0.2) is 4.79 Å². The van der Waals surface area contributed by atoms with Crippen LogP contribution in [0.5, 0.6) is 0 Å². The molecule has 4 atom stereocenters. The molecule has 0 fully saturated rings.